The van der Waals surface area contributed by atoms with Gasteiger partial charge in [0.05, 0.1) is 5.69 Å². The van der Waals surface area contributed by atoms with Crippen LogP contribution >= 0.6 is 11.3 Å². The standard InChI is InChI=1S/C16H14N4O2S/c21-15(10-20-16(22)2-1-5-19-20)18-9-12-3-6-17-14(8-12)13-4-7-23-11-13/h1-8,11H,9-10H2,(H,18,21). The van der Waals surface area contributed by atoms with E-state index in [4.69, 9.17) is 0 Å². The van der Waals surface area contributed by atoms with Crippen LogP contribution in [0.25, 0.3) is 11.3 Å². The molecule has 0 aliphatic carbocycles. The summed E-state index contributed by atoms with van der Waals surface area (Å²) in [5.41, 5.74) is 2.58. The van der Waals surface area contributed by atoms with Crippen molar-refractivity contribution in [2.45, 2.75) is 13.1 Å². The number of hydrogen-bond donors (Lipinski definition) is 1. The lowest BCUT2D eigenvalue weighted by Gasteiger charge is -2.07. The molecule has 0 spiro atoms. The van der Waals surface area contributed by atoms with Crippen LogP contribution in [0.3, 0.4) is 0 Å². The van der Waals surface area contributed by atoms with Crippen molar-refractivity contribution in [3.8, 4) is 11.3 Å². The first-order valence-electron chi connectivity index (χ1n) is 6.99. The molecule has 1 N–H and O–H groups in total. The molecule has 7 heteroatoms. The summed E-state index contributed by atoms with van der Waals surface area (Å²) in [5.74, 6) is -0.264. The zero-order valence-corrected chi connectivity index (χ0v) is 13.0. The van der Waals surface area contributed by atoms with Crippen LogP contribution in [0.4, 0.5) is 0 Å². The molecule has 1 amide bonds. The first kappa shape index (κ1) is 15.1. The van der Waals surface area contributed by atoms with E-state index in [9.17, 15) is 9.59 Å². The van der Waals surface area contributed by atoms with Crippen molar-refractivity contribution in [1.29, 1.82) is 0 Å². The normalized spacial score (nSPS) is 10.4. The molecule has 0 saturated carbocycles. The summed E-state index contributed by atoms with van der Waals surface area (Å²) in [6, 6.07) is 8.71. The Morgan fingerprint density at radius 1 is 1.26 bits per heavy atom. The monoisotopic (exact) mass is 326 g/mol. The lowest BCUT2D eigenvalue weighted by molar-refractivity contribution is -0.122. The van der Waals surface area contributed by atoms with Gasteiger partial charge >= 0.3 is 0 Å². The number of carbonyl (C=O) groups is 1. The van der Waals surface area contributed by atoms with Crippen LogP contribution in [-0.4, -0.2) is 20.7 Å². The quantitative estimate of drug-likeness (QED) is 0.774. The maximum atomic E-state index is 11.9. The van der Waals surface area contributed by atoms with E-state index in [-0.39, 0.29) is 18.0 Å². The van der Waals surface area contributed by atoms with E-state index in [2.05, 4.69) is 15.4 Å². The molecule has 0 saturated heterocycles. The summed E-state index contributed by atoms with van der Waals surface area (Å²) < 4.78 is 1.12. The lowest BCUT2D eigenvalue weighted by atomic mass is 10.1. The van der Waals surface area contributed by atoms with E-state index in [1.807, 2.05) is 29.0 Å². The fraction of sp³-hybridized carbons (Fsp3) is 0.125. The van der Waals surface area contributed by atoms with Crippen molar-refractivity contribution in [1.82, 2.24) is 20.1 Å². The van der Waals surface area contributed by atoms with Gasteiger partial charge in [-0.05, 0) is 35.2 Å². The summed E-state index contributed by atoms with van der Waals surface area (Å²) in [4.78, 5) is 27.8. The minimum absolute atomic E-state index is 0.0951. The second-order valence-electron chi connectivity index (χ2n) is 4.86. The zero-order chi connectivity index (χ0) is 16.1. The summed E-state index contributed by atoms with van der Waals surface area (Å²) in [6.45, 7) is 0.280. The van der Waals surface area contributed by atoms with E-state index in [0.29, 0.717) is 6.54 Å². The van der Waals surface area contributed by atoms with Gasteiger partial charge in [-0.15, -0.1) is 0 Å². The molecule has 0 aliphatic rings. The molecule has 0 atom stereocenters. The van der Waals surface area contributed by atoms with E-state index in [1.54, 1.807) is 23.6 Å². The number of hydrogen-bond acceptors (Lipinski definition) is 5. The number of nitrogens with one attached hydrogen (secondary N) is 1. The van der Waals surface area contributed by atoms with Gasteiger partial charge in [-0.2, -0.15) is 16.4 Å². The third-order valence-electron chi connectivity index (χ3n) is 3.21. The van der Waals surface area contributed by atoms with E-state index >= 15 is 0 Å². The van der Waals surface area contributed by atoms with Gasteiger partial charge in [-0.25, -0.2) is 4.68 Å². The third kappa shape index (κ3) is 3.89. The highest BCUT2D eigenvalue weighted by Gasteiger charge is 2.06. The van der Waals surface area contributed by atoms with Crippen LogP contribution in [0, 0.1) is 0 Å². The average molecular weight is 326 g/mol. The van der Waals surface area contributed by atoms with E-state index < -0.39 is 0 Å². The Kier molecular flexibility index (Phi) is 4.58. The number of carbonyl (C=O) groups excluding carboxylic acids is 1. The molecule has 0 unspecified atom stereocenters. The number of amides is 1. The van der Waals surface area contributed by atoms with Gasteiger partial charge in [0.15, 0.2) is 0 Å². The molecule has 3 rings (SSSR count). The number of pyridine rings is 1. The highest BCUT2D eigenvalue weighted by atomic mass is 32.1. The minimum atomic E-state index is -0.300. The summed E-state index contributed by atoms with van der Waals surface area (Å²) in [5, 5.41) is 10.7. The molecule has 6 nitrogen and oxygen atoms in total. The number of rotatable bonds is 5. The van der Waals surface area contributed by atoms with Crippen LogP contribution in [0.1, 0.15) is 5.56 Å². The fourth-order valence-corrected chi connectivity index (χ4v) is 2.70. The van der Waals surface area contributed by atoms with Gasteiger partial charge in [0, 0.05) is 35.9 Å². The van der Waals surface area contributed by atoms with Crippen LogP contribution < -0.4 is 10.9 Å². The maximum absolute atomic E-state index is 11.9. The number of nitrogens with zero attached hydrogens (tertiary/aromatic N) is 3. The Balaban J connectivity index is 1.62. The van der Waals surface area contributed by atoms with Crippen molar-refractivity contribution in [2.75, 3.05) is 0 Å². The highest BCUT2D eigenvalue weighted by molar-refractivity contribution is 7.08. The van der Waals surface area contributed by atoms with Gasteiger partial charge < -0.3 is 5.32 Å². The second kappa shape index (κ2) is 6.97. The largest absolute Gasteiger partial charge is 0.350 e. The molecule has 3 aromatic rings. The molecule has 3 aromatic heterocycles. The molecule has 0 fully saturated rings. The second-order valence-corrected chi connectivity index (χ2v) is 5.64. The number of thiophene rings is 1. The predicted molar refractivity (Wildman–Crippen MR) is 87.9 cm³/mol. The van der Waals surface area contributed by atoms with Crippen LogP contribution in [-0.2, 0) is 17.9 Å². The highest BCUT2D eigenvalue weighted by Crippen LogP contribution is 2.20. The van der Waals surface area contributed by atoms with Gasteiger partial charge in [0.1, 0.15) is 6.54 Å². The van der Waals surface area contributed by atoms with E-state index in [1.165, 1.54) is 12.3 Å². The van der Waals surface area contributed by atoms with Crippen molar-refractivity contribution < 1.29 is 4.79 Å². The summed E-state index contributed by atoms with van der Waals surface area (Å²) in [6.07, 6.45) is 3.20. The smallest absolute Gasteiger partial charge is 0.267 e. The molecule has 0 aliphatic heterocycles. The lowest BCUT2D eigenvalue weighted by Crippen LogP contribution is -2.32. The molecule has 23 heavy (non-hydrogen) atoms. The Labute approximate surface area is 136 Å². The van der Waals surface area contributed by atoms with Gasteiger partial charge in [0.25, 0.3) is 5.56 Å². The predicted octanol–water partition coefficient (Wildman–Crippen LogP) is 1.68. The topological polar surface area (TPSA) is 76.9 Å². The average Bonchev–Trinajstić information content (AvgIpc) is 3.10. The molecule has 116 valence electrons. The van der Waals surface area contributed by atoms with Crippen LogP contribution in [0.15, 0.2) is 58.3 Å². The first-order chi connectivity index (χ1) is 11.2. The first-order valence-corrected chi connectivity index (χ1v) is 7.93. The van der Waals surface area contributed by atoms with E-state index in [0.717, 1.165) is 21.5 Å². The molecule has 0 aromatic carbocycles. The van der Waals surface area contributed by atoms with Gasteiger partial charge in [-0.3, -0.25) is 14.6 Å². The summed E-state index contributed by atoms with van der Waals surface area (Å²) in [7, 11) is 0. The Bertz CT molecular complexity index is 858. The molecule has 3 heterocycles. The SMILES string of the molecule is O=C(Cn1ncccc1=O)NCc1ccnc(-c2ccsc2)c1. The van der Waals surface area contributed by atoms with Gasteiger partial charge in [0.2, 0.25) is 5.91 Å². The molecular weight excluding hydrogens is 312 g/mol. The third-order valence-corrected chi connectivity index (χ3v) is 3.89. The minimum Gasteiger partial charge on any atom is -0.350 e. The number of aromatic nitrogens is 3. The molecule has 0 radical (unpaired) electrons. The summed E-state index contributed by atoms with van der Waals surface area (Å²) >= 11 is 1.61. The molecule has 0 bridgehead atoms. The van der Waals surface area contributed by atoms with Crippen molar-refractivity contribution in [3.63, 3.8) is 0 Å². The van der Waals surface area contributed by atoms with Crippen molar-refractivity contribution >= 4 is 17.2 Å². The maximum Gasteiger partial charge on any atom is 0.267 e. The van der Waals surface area contributed by atoms with Crippen LogP contribution in [0.2, 0.25) is 0 Å². The Morgan fingerprint density at radius 2 is 2.17 bits per heavy atom. The zero-order valence-electron chi connectivity index (χ0n) is 12.2. The van der Waals surface area contributed by atoms with Crippen molar-refractivity contribution in [3.05, 3.63) is 69.4 Å². The molecular formula is C16H14N4O2S. The van der Waals surface area contributed by atoms with Crippen molar-refractivity contribution in [2.24, 2.45) is 0 Å². The van der Waals surface area contributed by atoms with Gasteiger partial charge in [-0.1, -0.05) is 0 Å². The Hall–Kier alpha value is -2.80. The fourth-order valence-electron chi connectivity index (χ4n) is 2.05. The Morgan fingerprint density at radius 3 is 2.96 bits per heavy atom. The van der Waals surface area contributed by atoms with Crippen LogP contribution in [0.5, 0.6) is 0 Å².